The van der Waals surface area contributed by atoms with Crippen LogP contribution in [0.5, 0.6) is 5.75 Å². The molecule has 1 atom stereocenters. The van der Waals surface area contributed by atoms with Gasteiger partial charge >= 0.3 is 0 Å². The van der Waals surface area contributed by atoms with Gasteiger partial charge < -0.3 is 14.9 Å². The van der Waals surface area contributed by atoms with Gasteiger partial charge in [-0.25, -0.2) is 8.42 Å². The molecule has 2 fully saturated rings. The molecule has 2 heterocycles. The van der Waals surface area contributed by atoms with Crippen molar-refractivity contribution < 1.29 is 23.1 Å². The van der Waals surface area contributed by atoms with Gasteiger partial charge in [0.1, 0.15) is 11.8 Å². The van der Waals surface area contributed by atoms with Crippen molar-refractivity contribution in [2.75, 3.05) is 32.7 Å². The van der Waals surface area contributed by atoms with E-state index in [0.29, 0.717) is 24.3 Å². The van der Waals surface area contributed by atoms with Crippen molar-refractivity contribution in [3.8, 4) is 5.75 Å². The molecular weight excluding hydrogens is 466 g/mol. The minimum absolute atomic E-state index is 0.100. The zero-order valence-corrected chi connectivity index (χ0v) is 20.5. The molecule has 8 nitrogen and oxygen atoms in total. The van der Waals surface area contributed by atoms with Gasteiger partial charge in [0.25, 0.3) is 5.91 Å². The summed E-state index contributed by atoms with van der Waals surface area (Å²) in [5, 5.41) is 10.1. The molecule has 2 saturated heterocycles. The molecule has 2 aliphatic heterocycles. The third-order valence-electron chi connectivity index (χ3n) is 7.44. The van der Waals surface area contributed by atoms with Crippen LogP contribution in [-0.4, -0.2) is 78.2 Å². The standard InChI is InChI=1S/C26H31N3O5S/c30-24-10-4-3-8-22(24)25(31)29-13-5-9-23(29)26(32)27-14-16-28(17-15-27)35(33,34)21-12-11-19-6-1-2-7-20(19)18-21/h3-4,8,10-12,18,23,30H,1-2,5-7,9,13-17H2/t23-/m0/s1. The zero-order chi connectivity index (χ0) is 24.6. The number of aryl methyl sites for hydroxylation is 2. The molecule has 1 N–H and O–H groups in total. The molecule has 0 radical (unpaired) electrons. The molecule has 2 aromatic carbocycles. The molecule has 186 valence electrons. The number of hydrogen-bond donors (Lipinski definition) is 1. The van der Waals surface area contributed by atoms with Gasteiger partial charge in [0.2, 0.25) is 15.9 Å². The second kappa shape index (κ2) is 9.62. The Balaban J connectivity index is 1.25. The first-order valence-corrected chi connectivity index (χ1v) is 13.8. The van der Waals surface area contributed by atoms with E-state index in [1.54, 1.807) is 29.2 Å². The smallest absolute Gasteiger partial charge is 0.258 e. The van der Waals surface area contributed by atoms with Crippen LogP contribution in [0.25, 0.3) is 0 Å². The van der Waals surface area contributed by atoms with Gasteiger partial charge in [0, 0.05) is 32.7 Å². The lowest BCUT2D eigenvalue weighted by molar-refractivity contribution is -0.136. The number of phenols is 1. The highest BCUT2D eigenvalue weighted by Gasteiger charge is 2.39. The van der Waals surface area contributed by atoms with E-state index in [-0.39, 0.29) is 49.3 Å². The van der Waals surface area contributed by atoms with Crippen LogP contribution in [0.1, 0.15) is 47.2 Å². The minimum Gasteiger partial charge on any atom is -0.507 e. The molecule has 0 spiro atoms. The van der Waals surface area contributed by atoms with Crippen LogP contribution in [-0.2, 0) is 27.7 Å². The van der Waals surface area contributed by atoms with Crippen molar-refractivity contribution in [1.29, 1.82) is 0 Å². The number of likely N-dealkylation sites (tertiary alicyclic amines) is 1. The van der Waals surface area contributed by atoms with E-state index < -0.39 is 16.1 Å². The minimum atomic E-state index is -3.63. The molecule has 35 heavy (non-hydrogen) atoms. The van der Waals surface area contributed by atoms with Crippen molar-refractivity contribution in [2.45, 2.75) is 49.5 Å². The molecule has 2 aromatic rings. The fourth-order valence-corrected chi connectivity index (χ4v) is 6.93. The summed E-state index contributed by atoms with van der Waals surface area (Å²) in [4.78, 5) is 29.9. The molecule has 2 amide bonds. The van der Waals surface area contributed by atoms with Crippen LogP contribution in [0.2, 0.25) is 0 Å². The highest BCUT2D eigenvalue weighted by molar-refractivity contribution is 7.89. The van der Waals surface area contributed by atoms with Crippen LogP contribution in [0.15, 0.2) is 47.4 Å². The maximum atomic E-state index is 13.3. The Morgan fingerprint density at radius 2 is 1.57 bits per heavy atom. The van der Waals surface area contributed by atoms with E-state index in [2.05, 4.69) is 0 Å². The van der Waals surface area contributed by atoms with E-state index in [9.17, 15) is 23.1 Å². The molecule has 0 unspecified atom stereocenters. The van der Waals surface area contributed by atoms with Crippen molar-refractivity contribution in [1.82, 2.24) is 14.1 Å². The number of sulfonamides is 1. The zero-order valence-electron chi connectivity index (χ0n) is 19.7. The summed E-state index contributed by atoms with van der Waals surface area (Å²) in [6.45, 7) is 1.49. The normalized spacial score (nSPS) is 21.1. The van der Waals surface area contributed by atoms with E-state index in [1.165, 1.54) is 20.8 Å². The van der Waals surface area contributed by atoms with Gasteiger partial charge in [-0.2, -0.15) is 4.31 Å². The number of fused-ring (bicyclic) bond motifs is 1. The average molecular weight is 498 g/mol. The number of amides is 2. The Morgan fingerprint density at radius 1 is 0.857 bits per heavy atom. The maximum Gasteiger partial charge on any atom is 0.258 e. The van der Waals surface area contributed by atoms with Gasteiger partial charge in [0.05, 0.1) is 10.5 Å². The molecule has 3 aliphatic rings. The van der Waals surface area contributed by atoms with Crippen molar-refractivity contribution >= 4 is 21.8 Å². The number of carbonyl (C=O) groups excluding carboxylic acids is 2. The molecule has 1 aliphatic carbocycles. The third kappa shape index (κ3) is 4.54. The second-order valence-corrected chi connectivity index (χ2v) is 11.5. The predicted octanol–water partition coefficient (Wildman–Crippen LogP) is 2.41. The van der Waals surface area contributed by atoms with Crippen LogP contribution in [0.3, 0.4) is 0 Å². The van der Waals surface area contributed by atoms with Crippen LogP contribution in [0, 0.1) is 0 Å². The summed E-state index contributed by atoms with van der Waals surface area (Å²) >= 11 is 0. The summed E-state index contributed by atoms with van der Waals surface area (Å²) in [7, 11) is -3.63. The van der Waals surface area contributed by atoms with E-state index >= 15 is 0 Å². The first-order chi connectivity index (χ1) is 16.9. The number of carbonyl (C=O) groups is 2. The van der Waals surface area contributed by atoms with Gasteiger partial charge in [0.15, 0.2) is 0 Å². The number of para-hydroxylation sites is 1. The lowest BCUT2D eigenvalue weighted by Crippen LogP contribution is -2.55. The van der Waals surface area contributed by atoms with Crippen molar-refractivity contribution in [3.63, 3.8) is 0 Å². The number of piperazine rings is 1. The first-order valence-electron chi connectivity index (χ1n) is 12.4. The number of rotatable bonds is 4. The Kier molecular flexibility index (Phi) is 6.55. The maximum absolute atomic E-state index is 13.3. The first kappa shape index (κ1) is 23.8. The lowest BCUT2D eigenvalue weighted by Gasteiger charge is -2.37. The topological polar surface area (TPSA) is 98.2 Å². The van der Waals surface area contributed by atoms with Crippen LogP contribution in [0.4, 0.5) is 0 Å². The molecule has 0 saturated carbocycles. The molecule has 0 bridgehead atoms. The van der Waals surface area contributed by atoms with Crippen LogP contribution < -0.4 is 0 Å². The Bertz CT molecular complexity index is 1240. The fraction of sp³-hybridized carbons (Fsp3) is 0.462. The number of benzene rings is 2. The monoisotopic (exact) mass is 497 g/mol. The largest absolute Gasteiger partial charge is 0.507 e. The summed E-state index contributed by atoms with van der Waals surface area (Å²) in [6.07, 6.45) is 5.42. The highest BCUT2D eigenvalue weighted by atomic mass is 32.2. The quantitative estimate of drug-likeness (QED) is 0.700. The Morgan fingerprint density at radius 3 is 2.31 bits per heavy atom. The van der Waals surface area contributed by atoms with E-state index in [1.807, 2.05) is 12.1 Å². The SMILES string of the molecule is O=C([C@@H]1CCCN1C(=O)c1ccccc1O)N1CCN(S(=O)(=O)c2ccc3c(c2)CCCC3)CC1. The summed E-state index contributed by atoms with van der Waals surface area (Å²) in [5.74, 6) is -0.610. The number of aromatic hydroxyl groups is 1. The summed E-state index contributed by atoms with van der Waals surface area (Å²) in [6, 6.07) is 11.2. The van der Waals surface area contributed by atoms with Crippen LogP contribution >= 0.6 is 0 Å². The van der Waals surface area contributed by atoms with Gasteiger partial charge in [-0.1, -0.05) is 18.2 Å². The van der Waals surface area contributed by atoms with E-state index in [4.69, 9.17) is 0 Å². The van der Waals surface area contributed by atoms with Gasteiger partial charge in [-0.3, -0.25) is 9.59 Å². The molecule has 9 heteroatoms. The fourth-order valence-electron chi connectivity index (χ4n) is 5.45. The number of hydrogen-bond acceptors (Lipinski definition) is 5. The Hall–Kier alpha value is -2.91. The molecule has 5 rings (SSSR count). The number of phenolic OH excluding ortho intramolecular Hbond substituents is 1. The van der Waals surface area contributed by atoms with Gasteiger partial charge in [-0.05, 0) is 73.9 Å². The third-order valence-corrected chi connectivity index (χ3v) is 9.34. The molecule has 0 aromatic heterocycles. The Labute approximate surface area is 206 Å². The highest BCUT2D eigenvalue weighted by Crippen LogP contribution is 2.28. The van der Waals surface area contributed by atoms with E-state index in [0.717, 1.165) is 31.2 Å². The second-order valence-electron chi connectivity index (χ2n) is 9.54. The van der Waals surface area contributed by atoms with Gasteiger partial charge in [-0.15, -0.1) is 0 Å². The van der Waals surface area contributed by atoms with Crippen molar-refractivity contribution in [2.24, 2.45) is 0 Å². The molecular formula is C26H31N3O5S. The lowest BCUT2D eigenvalue weighted by atomic mass is 9.92. The average Bonchev–Trinajstić information content (AvgIpc) is 3.38. The van der Waals surface area contributed by atoms with Crippen molar-refractivity contribution in [3.05, 3.63) is 59.2 Å². The summed E-state index contributed by atoms with van der Waals surface area (Å²) in [5.41, 5.74) is 2.56. The predicted molar refractivity (Wildman–Crippen MR) is 131 cm³/mol. The summed E-state index contributed by atoms with van der Waals surface area (Å²) < 4.78 is 28.0. The number of nitrogens with zero attached hydrogens (tertiary/aromatic N) is 3.